The number of carboxylic acids is 1. The summed E-state index contributed by atoms with van der Waals surface area (Å²) in [6, 6.07) is 0. The SMILES string of the molecule is CC/C=C\C/C=C\C/C=C\CCCCCC(=O)OC(COC(=O)CCCCCCCCC/C=C\C/C=C\CCCCC)COC1OC(C(=O)O)C(O)C(O)C1OC(=O)CCCCCCCCC/C=C\C/C=C\CCCCC. The molecule has 1 aliphatic rings. The first-order valence-corrected chi connectivity index (χ1v) is 30.6. The number of allylic oxidation sites excluding steroid dienone is 14. The van der Waals surface area contributed by atoms with Gasteiger partial charge < -0.3 is 39.0 Å². The predicted octanol–water partition coefficient (Wildman–Crippen LogP) is 15.9. The quantitative estimate of drug-likeness (QED) is 0.0228. The minimum atomic E-state index is -1.91. The summed E-state index contributed by atoms with van der Waals surface area (Å²) in [5, 5.41) is 31.5. The van der Waals surface area contributed by atoms with Crippen LogP contribution in [0.2, 0.25) is 0 Å². The molecule has 77 heavy (non-hydrogen) atoms. The summed E-state index contributed by atoms with van der Waals surface area (Å²) in [5.74, 6) is -3.18. The van der Waals surface area contributed by atoms with E-state index in [-0.39, 0.29) is 25.9 Å². The molecule has 0 bridgehead atoms. The molecule has 12 heteroatoms. The van der Waals surface area contributed by atoms with E-state index in [0.717, 1.165) is 135 Å². The molecule has 0 aromatic carbocycles. The van der Waals surface area contributed by atoms with Crippen LogP contribution in [0.25, 0.3) is 0 Å². The maximum Gasteiger partial charge on any atom is 0.335 e. The molecule has 6 unspecified atom stereocenters. The van der Waals surface area contributed by atoms with Gasteiger partial charge in [-0.1, -0.05) is 202 Å². The van der Waals surface area contributed by atoms with Crippen molar-refractivity contribution in [2.75, 3.05) is 13.2 Å². The maximum atomic E-state index is 13.1. The van der Waals surface area contributed by atoms with E-state index in [9.17, 15) is 34.5 Å². The Kier molecular flexibility index (Phi) is 48.4. The summed E-state index contributed by atoms with van der Waals surface area (Å²) in [6.07, 6.45) is 55.4. The van der Waals surface area contributed by atoms with Gasteiger partial charge in [0.25, 0.3) is 0 Å². The minimum absolute atomic E-state index is 0.0445. The first kappa shape index (κ1) is 70.9. The van der Waals surface area contributed by atoms with E-state index in [4.69, 9.17) is 23.7 Å². The molecule has 0 spiro atoms. The first-order valence-electron chi connectivity index (χ1n) is 30.6. The Morgan fingerprint density at radius 2 is 0.818 bits per heavy atom. The Morgan fingerprint density at radius 1 is 0.442 bits per heavy atom. The maximum absolute atomic E-state index is 13.1. The van der Waals surface area contributed by atoms with Gasteiger partial charge in [-0.3, -0.25) is 14.4 Å². The lowest BCUT2D eigenvalue weighted by molar-refractivity contribution is -0.301. The van der Waals surface area contributed by atoms with Gasteiger partial charge in [0.1, 0.15) is 18.8 Å². The minimum Gasteiger partial charge on any atom is -0.479 e. The Hall–Kier alpha value is -4.10. The van der Waals surface area contributed by atoms with Gasteiger partial charge in [-0.05, 0) is 116 Å². The molecule has 12 nitrogen and oxygen atoms in total. The Bertz CT molecular complexity index is 1660. The predicted molar refractivity (Wildman–Crippen MR) is 312 cm³/mol. The van der Waals surface area contributed by atoms with Crippen LogP contribution in [0, 0.1) is 0 Å². The van der Waals surface area contributed by atoms with Crippen molar-refractivity contribution in [2.45, 2.75) is 289 Å². The fourth-order valence-electron chi connectivity index (χ4n) is 8.74. The summed E-state index contributed by atoms with van der Waals surface area (Å²) < 4.78 is 28.4. The van der Waals surface area contributed by atoms with Crippen molar-refractivity contribution in [3.05, 3.63) is 85.1 Å². The molecule has 3 N–H and O–H groups in total. The number of hydrogen-bond acceptors (Lipinski definition) is 11. The van der Waals surface area contributed by atoms with Gasteiger partial charge in [-0.25, -0.2) is 4.79 Å². The summed E-state index contributed by atoms with van der Waals surface area (Å²) in [5.41, 5.74) is 0. The van der Waals surface area contributed by atoms with Crippen LogP contribution in [0.5, 0.6) is 0 Å². The lowest BCUT2D eigenvalue weighted by Gasteiger charge is -2.40. The van der Waals surface area contributed by atoms with Gasteiger partial charge in [0.15, 0.2) is 24.6 Å². The number of hydrogen-bond donors (Lipinski definition) is 3. The second kappa shape index (κ2) is 52.6. The van der Waals surface area contributed by atoms with Gasteiger partial charge in [0.2, 0.25) is 0 Å². The van der Waals surface area contributed by atoms with Crippen molar-refractivity contribution in [1.29, 1.82) is 0 Å². The van der Waals surface area contributed by atoms with E-state index in [0.29, 0.717) is 19.3 Å². The molecule has 0 aromatic rings. The van der Waals surface area contributed by atoms with Crippen molar-refractivity contribution in [3.8, 4) is 0 Å². The molecule has 1 aliphatic heterocycles. The fourth-order valence-corrected chi connectivity index (χ4v) is 8.74. The van der Waals surface area contributed by atoms with Gasteiger partial charge >= 0.3 is 23.9 Å². The van der Waals surface area contributed by atoms with E-state index in [1.807, 2.05) is 0 Å². The monoisotopic (exact) mass is 1080 g/mol. The van der Waals surface area contributed by atoms with Crippen LogP contribution in [0.1, 0.15) is 252 Å². The zero-order chi connectivity index (χ0) is 56.1. The summed E-state index contributed by atoms with van der Waals surface area (Å²) in [7, 11) is 0. The molecule has 6 atom stereocenters. The molecule has 1 fully saturated rings. The van der Waals surface area contributed by atoms with Crippen molar-refractivity contribution >= 4 is 23.9 Å². The van der Waals surface area contributed by atoms with Crippen LogP contribution in [0.3, 0.4) is 0 Å². The molecule has 0 saturated carbocycles. The number of carbonyl (C=O) groups is 4. The van der Waals surface area contributed by atoms with Crippen molar-refractivity contribution in [3.63, 3.8) is 0 Å². The topological polar surface area (TPSA) is 175 Å². The van der Waals surface area contributed by atoms with Crippen molar-refractivity contribution in [1.82, 2.24) is 0 Å². The molecule has 440 valence electrons. The highest BCUT2D eigenvalue weighted by Crippen LogP contribution is 2.26. The highest BCUT2D eigenvalue weighted by Gasteiger charge is 2.50. The summed E-state index contributed by atoms with van der Waals surface area (Å²) in [6.45, 7) is 5.80. The first-order chi connectivity index (χ1) is 37.6. The van der Waals surface area contributed by atoms with Gasteiger partial charge in [0.05, 0.1) is 6.61 Å². The third-order valence-electron chi connectivity index (χ3n) is 13.4. The third-order valence-corrected chi connectivity index (χ3v) is 13.4. The highest BCUT2D eigenvalue weighted by molar-refractivity contribution is 5.74. The average Bonchev–Trinajstić information content (AvgIpc) is 3.42. The zero-order valence-corrected chi connectivity index (χ0v) is 48.4. The molecular weight excluding hydrogens is 973 g/mol. The molecule has 0 aromatic heterocycles. The number of unbranched alkanes of at least 4 members (excludes halogenated alkanes) is 23. The molecule has 0 amide bonds. The molecular formula is C65H108O12. The molecule has 1 saturated heterocycles. The number of carbonyl (C=O) groups excluding carboxylic acids is 3. The summed E-state index contributed by atoms with van der Waals surface area (Å²) >= 11 is 0. The largest absolute Gasteiger partial charge is 0.479 e. The Labute approximate surface area is 467 Å². The number of aliphatic hydroxyl groups is 2. The molecule has 0 radical (unpaired) electrons. The normalized spacial score (nSPS) is 18.6. The molecule has 1 rings (SSSR count). The lowest BCUT2D eigenvalue weighted by Crippen LogP contribution is -2.61. The van der Waals surface area contributed by atoms with Crippen molar-refractivity contribution in [2.24, 2.45) is 0 Å². The van der Waals surface area contributed by atoms with Crippen LogP contribution < -0.4 is 0 Å². The third kappa shape index (κ3) is 42.5. The second-order valence-electron chi connectivity index (χ2n) is 20.6. The van der Waals surface area contributed by atoms with E-state index in [1.54, 1.807) is 0 Å². The van der Waals surface area contributed by atoms with Gasteiger partial charge in [-0.2, -0.15) is 0 Å². The summed E-state index contributed by atoms with van der Waals surface area (Å²) in [4.78, 5) is 51.2. The van der Waals surface area contributed by atoms with E-state index in [2.05, 4.69) is 106 Å². The highest BCUT2D eigenvalue weighted by atomic mass is 16.7. The van der Waals surface area contributed by atoms with Gasteiger partial charge in [0, 0.05) is 19.3 Å². The zero-order valence-electron chi connectivity index (χ0n) is 48.4. The standard InChI is InChI=1S/C65H108O12/c1-4-7-10-13-16-19-22-25-27-29-31-34-36-39-42-45-48-51-57(66)73-54-56(75-58(67)52-49-46-43-40-37-33-24-21-18-15-12-9-6-3)55-74-65-63(61(70)60(69)62(77-65)64(71)72)76-59(68)53-50-47-44-41-38-35-32-30-28-26-23-20-17-14-11-8-5-2/h9,12,16-21,25-28,33,37,56,60-63,65,69-70H,4-8,10-11,13-15,22-24,29-32,34-36,38-55H2,1-3H3,(H,71,72)/b12-9-,19-16-,20-17-,21-18-,27-25-,28-26-,37-33-. The smallest absolute Gasteiger partial charge is 0.335 e. The van der Waals surface area contributed by atoms with Gasteiger partial charge in [-0.15, -0.1) is 0 Å². The number of ether oxygens (including phenoxy) is 5. The number of carboxylic acid groups (broad SMARTS) is 1. The number of rotatable bonds is 51. The van der Waals surface area contributed by atoms with E-state index in [1.165, 1.54) is 57.8 Å². The van der Waals surface area contributed by atoms with Crippen molar-refractivity contribution < 1.29 is 58.2 Å². The second-order valence-corrected chi connectivity index (χ2v) is 20.6. The van der Waals surface area contributed by atoms with Crippen LogP contribution in [-0.2, 0) is 42.9 Å². The lowest BCUT2D eigenvalue weighted by atomic mass is 9.98. The van der Waals surface area contributed by atoms with Crippen LogP contribution in [0.4, 0.5) is 0 Å². The van der Waals surface area contributed by atoms with E-state index < -0.39 is 67.3 Å². The van der Waals surface area contributed by atoms with E-state index >= 15 is 0 Å². The van der Waals surface area contributed by atoms with Crippen LogP contribution in [-0.4, -0.2) is 89.2 Å². The molecule has 1 heterocycles. The number of esters is 3. The fraction of sp³-hybridized carbons (Fsp3) is 0.723. The number of aliphatic carboxylic acids is 1. The average molecular weight is 1080 g/mol. The number of aliphatic hydroxyl groups excluding tert-OH is 2. The van der Waals surface area contributed by atoms with Crippen LogP contribution in [0.15, 0.2) is 85.1 Å². The van der Waals surface area contributed by atoms with Crippen LogP contribution >= 0.6 is 0 Å². The Morgan fingerprint density at radius 3 is 1.26 bits per heavy atom. The molecule has 0 aliphatic carbocycles. The Balaban J connectivity index is 2.69.